The third-order valence-electron chi connectivity index (χ3n) is 3.17. The van der Waals surface area contributed by atoms with Crippen LogP contribution in [0.3, 0.4) is 0 Å². The summed E-state index contributed by atoms with van der Waals surface area (Å²) in [6.07, 6.45) is 5.91. The van der Waals surface area contributed by atoms with Crippen LogP contribution in [0.1, 0.15) is 23.6 Å². The fourth-order valence-electron chi connectivity index (χ4n) is 2.12. The van der Waals surface area contributed by atoms with Crippen LogP contribution >= 0.6 is 23.2 Å². The molecule has 0 amide bonds. The van der Waals surface area contributed by atoms with E-state index in [1.807, 2.05) is 49.4 Å². The number of nitrogens with one attached hydrogen (secondary N) is 1. The Hall–Kier alpha value is -1.03. The minimum absolute atomic E-state index is 0.259. The Kier molecular flexibility index (Phi) is 4.86. The summed E-state index contributed by atoms with van der Waals surface area (Å²) in [7, 11) is 3.88. The molecule has 1 atom stereocenters. The SMILES string of the molecule is CNC(CCc1cnn(C)c1)c1ccc(Cl)c(Cl)c1. The van der Waals surface area contributed by atoms with Gasteiger partial charge < -0.3 is 5.32 Å². The van der Waals surface area contributed by atoms with E-state index in [1.54, 1.807) is 0 Å². The van der Waals surface area contributed by atoms with Crippen molar-refractivity contribution in [2.45, 2.75) is 18.9 Å². The molecule has 2 rings (SSSR count). The number of hydrogen-bond acceptors (Lipinski definition) is 2. The molecule has 3 nitrogen and oxygen atoms in total. The molecule has 1 unspecified atom stereocenters. The average Bonchev–Trinajstić information content (AvgIpc) is 2.80. The molecule has 0 aliphatic heterocycles. The van der Waals surface area contributed by atoms with E-state index < -0.39 is 0 Å². The van der Waals surface area contributed by atoms with E-state index >= 15 is 0 Å². The molecule has 0 bridgehead atoms. The van der Waals surface area contributed by atoms with E-state index in [-0.39, 0.29) is 6.04 Å². The molecule has 0 aliphatic carbocycles. The summed E-state index contributed by atoms with van der Waals surface area (Å²) in [5.41, 5.74) is 2.39. The van der Waals surface area contributed by atoms with Gasteiger partial charge in [0.15, 0.2) is 0 Å². The van der Waals surface area contributed by atoms with Crippen molar-refractivity contribution in [2.24, 2.45) is 7.05 Å². The molecule has 1 heterocycles. The second kappa shape index (κ2) is 6.42. The van der Waals surface area contributed by atoms with Gasteiger partial charge in [-0.25, -0.2) is 0 Å². The van der Waals surface area contributed by atoms with Crippen molar-refractivity contribution in [2.75, 3.05) is 7.05 Å². The molecule has 102 valence electrons. The lowest BCUT2D eigenvalue weighted by Gasteiger charge is -2.16. The Morgan fingerprint density at radius 3 is 2.68 bits per heavy atom. The molecule has 0 saturated carbocycles. The highest BCUT2D eigenvalue weighted by Gasteiger charge is 2.11. The maximum Gasteiger partial charge on any atom is 0.0595 e. The lowest BCUT2D eigenvalue weighted by atomic mass is 10.0. The molecule has 0 spiro atoms. The maximum atomic E-state index is 6.06. The van der Waals surface area contributed by atoms with E-state index in [0.717, 1.165) is 18.4 Å². The van der Waals surface area contributed by atoms with E-state index in [0.29, 0.717) is 10.0 Å². The molecule has 19 heavy (non-hydrogen) atoms. The molecule has 0 saturated heterocycles. The molecule has 0 fully saturated rings. The zero-order chi connectivity index (χ0) is 13.8. The summed E-state index contributed by atoms with van der Waals surface area (Å²) in [6, 6.07) is 6.04. The van der Waals surface area contributed by atoms with Gasteiger partial charge in [0.05, 0.1) is 16.2 Å². The largest absolute Gasteiger partial charge is 0.313 e. The summed E-state index contributed by atoms with van der Waals surface area (Å²) in [4.78, 5) is 0. The first-order valence-electron chi connectivity index (χ1n) is 6.20. The van der Waals surface area contributed by atoms with Gasteiger partial charge in [-0.2, -0.15) is 5.10 Å². The third-order valence-corrected chi connectivity index (χ3v) is 3.91. The number of rotatable bonds is 5. The van der Waals surface area contributed by atoms with Gasteiger partial charge >= 0.3 is 0 Å². The van der Waals surface area contributed by atoms with Crippen LogP contribution < -0.4 is 5.32 Å². The van der Waals surface area contributed by atoms with E-state index in [2.05, 4.69) is 10.4 Å². The topological polar surface area (TPSA) is 29.9 Å². The van der Waals surface area contributed by atoms with Crippen LogP contribution in [0.2, 0.25) is 10.0 Å². The second-order valence-electron chi connectivity index (χ2n) is 4.58. The number of benzene rings is 1. The van der Waals surface area contributed by atoms with E-state index in [1.165, 1.54) is 5.56 Å². The van der Waals surface area contributed by atoms with E-state index in [9.17, 15) is 0 Å². The lowest BCUT2D eigenvalue weighted by molar-refractivity contribution is 0.549. The van der Waals surface area contributed by atoms with Gasteiger partial charge in [-0.3, -0.25) is 4.68 Å². The Morgan fingerprint density at radius 2 is 2.11 bits per heavy atom. The van der Waals surface area contributed by atoms with Crippen LogP contribution in [0.15, 0.2) is 30.6 Å². The van der Waals surface area contributed by atoms with Gasteiger partial charge in [0.25, 0.3) is 0 Å². The van der Waals surface area contributed by atoms with Crippen molar-refractivity contribution in [3.8, 4) is 0 Å². The summed E-state index contributed by atoms with van der Waals surface area (Å²) in [5, 5.41) is 8.68. The summed E-state index contributed by atoms with van der Waals surface area (Å²) < 4.78 is 1.82. The smallest absolute Gasteiger partial charge is 0.0595 e. The minimum atomic E-state index is 0.259. The van der Waals surface area contributed by atoms with E-state index in [4.69, 9.17) is 23.2 Å². The second-order valence-corrected chi connectivity index (χ2v) is 5.39. The van der Waals surface area contributed by atoms with Gasteiger partial charge in [-0.05, 0) is 43.1 Å². The Morgan fingerprint density at radius 1 is 1.32 bits per heavy atom. The normalized spacial score (nSPS) is 12.6. The lowest BCUT2D eigenvalue weighted by Crippen LogP contribution is -2.17. The van der Waals surface area contributed by atoms with Gasteiger partial charge in [-0.15, -0.1) is 0 Å². The summed E-state index contributed by atoms with van der Waals surface area (Å²) in [6.45, 7) is 0. The standard InChI is InChI=1S/C14H17Cl2N3/c1-17-14(6-3-10-8-18-19(2)9-10)11-4-5-12(15)13(16)7-11/h4-5,7-9,14,17H,3,6H2,1-2H3. The first-order valence-corrected chi connectivity index (χ1v) is 6.95. The average molecular weight is 298 g/mol. The number of nitrogens with zero attached hydrogens (tertiary/aromatic N) is 2. The zero-order valence-corrected chi connectivity index (χ0v) is 12.5. The van der Waals surface area contributed by atoms with Gasteiger partial charge in [0.1, 0.15) is 0 Å². The predicted molar refractivity (Wildman–Crippen MR) is 79.8 cm³/mol. The molecule has 5 heteroatoms. The van der Waals surface area contributed by atoms with Crippen molar-refractivity contribution in [1.82, 2.24) is 15.1 Å². The number of halogens is 2. The van der Waals surface area contributed by atoms with Crippen LogP contribution in [0.4, 0.5) is 0 Å². The third kappa shape index (κ3) is 3.72. The summed E-state index contributed by atoms with van der Waals surface area (Å²) >= 11 is 12.0. The highest BCUT2D eigenvalue weighted by molar-refractivity contribution is 6.42. The monoisotopic (exact) mass is 297 g/mol. The molecule has 1 aromatic heterocycles. The van der Waals surface area contributed by atoms with Crippen molar-refractivity contribution in [1.29, 1.82) is 0 Å². The first-order chi connectivity index (χ1) is 9.10. The fourth-order valence-corrected chi connectivity index (χ4v) is 2.43. The van der Waals surface area contributed by atoms with Crippen molar-refractivity contribution < 1.29 is 0 Å². The highest BCUT2D eigenvalue weighted by Crippen LogP contribution is 2.27. The van der Waals surface area contributed by atoms with Crippen molar-refractivity contribution >= 4 is 23.2 Å². The van der Waals surface area contributed by atoms with Crippen LogP contribution in [0.5, 0.6) is 0 Å². The molecule has 0 aliphatic rings. The van der Waals surface area contributed by atoms with Crippen LogP contribution in [-0.2, 0) is 13.5 Å². The van der Waals surface area contributed by atoms with Crippen LogP contribution in [-0.4, -0.2) is 16.8 Å². The minimum Gasteiger partial charge on any atom is -0.313 e. The Balaban J connectivity index is 2.05. The Bertz CT molecular complexity index is 551. The number of aromatic nitrogens is 2. The van der Waals surface area contributed by atoms with Gasteiger partial charge in [0, 0.05) is 19.3 Å². The fraction of sp³-hybridized carbons (Fsp3) is 0.357. The van der Waals surface area contributed by atoms with Gasteiger partial charge in [-0.1, -0.05) is 29.3 Å². The van der Waals surface area contributed by atoms with Crippen LogP contribution in [0, 0.1) is 0 Å². The maximum absolute atomic E-state index is 6.06. The molecule has 2 aromatic rings. The molecule has 1 N–H and O–H groups in total. The number of hydrogen-bond donors (Lipinski definition) is 1. The zero-order valence-electron chi connectivity index (χ0n) is 11.0. The molecule has 0 radical (unpaired) electrons. The van der Waals surface area contributed by atoms with Gasteiger partial charge in [0.2, 0.25) is 0 Å². The van der Waals surface area contributed by atoms with Crippen molar-refractivity contribution in [3.63, 3.8) is 0 Å². The molecule has 1 aromatic carbocycles. The predicted octanol–water partition coefficient (Wildman–Crippen LogP) is 3.62. The van der Waals surface area contributed by atoms with Crippen LogP contribution in [0.25, 0.3) is 0 Å². The summed E-state index contributed by atoms with van der Waals surface area (Å²) in [5.74, 6) is 0. The number of aryl methyl sites for hydroxylation is 2. The molecular weight excluding hydrogens is 281 g/mol. The first kappa shape index (κ1) is 14.4. The molecular formula is C14H17Cl2N3. The van der Waals surface area contributed by atoms with Crippen molar-refractivity contribution in [3.05, 3.63) is 51.8 Å². The highest BCUT2D eigenvalue weighted by atomic mass is 35.5. The quantitative estimate of drug-likeness (QED) is 0.913. The Labute approximate surface area is 123 Å².